The van der Waals surface area contributed by atoms with Crippen molar-refractivity contribution in [3.63, 3.8) is 0 Å². The van der Waals surface area contributed by atoms with Crippen molar-refractivity contribution in [1.29, 1.82) is 0 Å². The van der Waals surface area contributed by atoms with Gasteiger partial charge in [-0.1, -0.05) is 30.3 Å². The van der Waals surface area contributed by atoms with E-state index >= 15 is 0 Å². The summed E-state index contributed by atoms with van der Waals surface area (Å²) in [6.45, 7) is 0.258. The average molecular weight is 300 g/mol. The minimum atomic E-state index is -1.71. The average Bonchev–Trinajstić information content (AvgIpc) is 2.51. The second kappa shape index (κ2) is 7.53. The van der Waals surface area contributed by atoms with Crippen LogP contribution in [-0.2, 0) is 6.61 Å². The zero-order chi connectivity index (χ0) is 15.9. The van der Waals surface area contributed by atoms with Gasteiger partial charge in [0.05, 0.1) is 11.8 Å². The lowest BCUT2D eigenvalue weighted by Crippen LogP contribution is -2.32. The molecular weight excluding hydrogens is 283 g/mol. The second-order valence-electron chi connectivity index (χ2n) is 4.79. The molecule has 7 nitrogen and oxygen atoms in total. The van der Waals surface area contributed by atoms with Crippen LogP contribution in [0.3, 0.4) is 0 Å². The number of aromatic nitrogens is 2. The Bertz CT molecular complexity index is 635. The third-order valence-corrected chi connectivity index (χ3v) is 2.67. The highest BCUT2D eigenvalue weighted by molar-refractivity contribution is 6.59. The topological polar surface area (TPSA) is 91.1 Å². The molecule has 0 amide bonds. The van der Waals surface area contributed by atoms with Crippen LogP contribution in [0.25, 0.3) is 0 Å². The van der Waals surface area contributed by atoms with Crippen LogP contribution >= 0.6 is 0 Å². The fourth-order valence-electron chi connectivity index (χ4n) is 1.61. The standard InChI is InChI=1S/C14H17BN4O3/c1-19(2)10-17-14-16-8-12(15(20)21)13(18-14)22-9-11-6-4-3-5-7-11/h3-8,10,20-21H,9H2,1-2H3/b17-10+. The van der Waals surface area contributed by atoms with E-state index in [9.17, 15) is 10.0 Å². The molecule has 1 aromatic carbocycles. The van der Waals surface area contributed by atoms with Crippen molar-refractivity contribution in [2.75, 3.05) is 14.1 Å². The van der Waals surface area contributed by atoms with Crippen molar-refractivity contribution >= 4 is 24.9 Å². The van der Waals surface area contributed by atoms with Gasteiger partial charge in [-0.2, -0.15) is 4.98 Å². The molecule has 0 aliphatic carbocycles. The summed E-state index contributed by atoms with van der Waals surface area (Å²) in [5, 5.41) is 18.7. The number of aliphatic imine (C=N–C) groups is 1. The lowest BCUT2D eigenvalue weighted by molar-refractivity contribution is 0.294. The summed E-state index contributed by atoms with van der Waals surface area (Å²) in [6.07, 6.45) is 2.84. The van der Waals surface area contributed by atoms with Gasteiger partial charge in [-0.15, -0.1) is 0 Å². The Morgan fingerprint density at radius 1 is 1.27 bits per heavy atom. The normalized spacial score (nSPS) is 10.7. The number of nitrogens with zero attached hydrogens (tertiary/aromatic N) is 4. The first kappa shape index (κ1) is 15.9. The van der Waals surface area contributed by atoms with Crippen LogP contribution in [0.1, 0.15) is 5.56 Å². The van der Waals surface area contributed by atoms with E-state index in [4.69, 9.17) is 4.74 Å². The number of hydrogen-bond donors (Lipinski definition) is 2. The maximum Gasteiger partial charge on any atom is 0.495 e. The van der Waals surface area contributed by atoms with Gasteiger partial charge >= 0.3 is 7.12 Å². The van der Waals surface area contributed by atoms with Gasteiger partial charge in [0.2, 0.25) is 5.88 Å². The molecule has 0 spiro atoms. The van der Waals surface area contributed by atoms with Gasteiger partial charge in [0.15, 0.2) is 0 Å². The Balaban J connectivity index is 2.20. The van der Waals surface area contributed by atoms with Crippen LogP contribution in [0.5, 0.6) is 5.88 Å². The molecule has 0 saturated carbocycles. The summed E-state index contributed by atoms with van der Waals surface area (Å²) >= 11 is 0. The van der Waals surface area contributed by atoms with E-state index in [-0.39, 0.29) is 23.9 Å². The quantitative estimate of drug-likeness (QED) is 0.442. The molecule has 0 saturated heterocycles. The maximum absolute atomic E-state index is 9.36. The van der Waals surface area contributed by atoms with E-state index in [0.29, 0.717) is 0 Å². The monoisotopic (exact) mass is 300 g/mol. The van der Waals surface area contributed by atoms with Crippen LogP contribution in [-0.4, -0.2) is 52.5 Å². The first-order valence-corrected chi connectivity index (χ1v) is 6.66. The van der Waals surface area contributed by atoms with Gasteiger partial charge in [-0.3, -0.25) is 0 Å². The van der Waals surface area contributed by atoms with Gasteiger partial charge in [-0.05, 0) is 5.56 Å². The highest BCUT2D eigenvalue weighted by atomic mass is 16.5. The molecule has 2 rings (SSSR count). The molecule has 0 atom stereocenters. The fourth-order valence-corrected chi connectivity index (χ4v) is 1.61. The molecule has 0 aliphatic heterocycles. The zero-order valence-electron chi connectivity index (χ0n) is 12.4. The maximum atomic E-state index is 9.36. The van der Waals surface area contributed by atoms with E-state index in [2.05, 4.69) is 15.0 Å². The fraction of sp³-hybridized carbons (Fsp3) is 0.214. The second-order valence-corrected chi connectivity index (χ2v) is 4.79. The first-order valence-electron chi connectivity index (χ1n) is 6.66. The highest BCUT2D eigenvalue weighted by Gasteiger charge is 2.20. The van der Waals surface area contributed by atoms with E-state index < -0.39 is 7.12 Å². The highest BCUT2D eigenvalue weighted by Crippen LogP contribution is 2.11. The Labute approximate surface area is 129 Å². The van der Waals surface area contributed by atoms with Crippen LogP contribution < -0.4 is 10.2 Å². The number of ether oxygens (including phenoxy) is 1. The zero-order valence-corrected chi connectivity index (χ0v) is 12.4. The summed E-state index contributed by atoms with van der Waals surface area (Å²) in [5.41, 5.74) is 1.04. The molecule has 2 N–H and O–H groups in total. The van der Waals surface area contributed by atoms with Crippen LogP contribution in [0.15, 0.2) is 41.5 Å². The predicted molar refractivity (Wildman–Crippen MR) is 84.5 cm³/mol. The lowest BCUT2D eigenvalue weighted by Gasteiger charge is -2.10. The third kappa shape index (κ3) is 4.54. The molecule has 0 radical (unpaired) electrons. The van der Waals surface area contributed by atoms with Crippen molar-refractivity contribution < 1.29 is 14.8 Å². The molecule has 0 aliphatic rings. The predicted octanol–water partition coefficient (Wildman–Crippen LogP) is -0.0432. The number of hydrogen-bond acceptors (Lipinski definition) is 6. The molecule has 1 aromatic heterocycles. The van der Waals surface area contributed by atoms with Crippen molar-refractivity contribution in [3.8, 4) is 5.88 Å². The van der Waals surface area contributed by atoms with E-state index in [1.54, 1.807) is 11.2 Å². The van der Waals surface area contributed by atoms with Gasteiger partial charge in [-0.25, -0.2) is 9.98 Å². The minimum Gasteiger partial charge on any atom is -0.473 e. The smallest absolute Gasteiger partial charge is 0.473 e. The summed E-state index contributed by atoms with van der Waals surface area (Å²) in [6, 6.07) is 9.51. The van der Waals surface area contributed by atoms with Crippen LogP contribution in [0.4, 0.5) is 5.95 Å². The van der Waals surface area contributed by atoms with E-state index in [0.717, 1.165) is 5.56 Å². The summed E-state index contributed by atoms with van der Waals surface area (Å²) in [7, 11) is 1.93. The molecular formula is C14H17BN4O3. The number of benzene rings is 1. The summed E-state index contributed by atoms with van der Waals surface area (Å²) in [5.74, 6) is 0.279. The molecule has 22 heavy (non-hydrogen) atoms. The first-order chi connectivity index (χ1) is 10.6. The molecule has 1 heterocycles. The van der Waals surface area contributed by atoms with Crippen molar-refractivity contribution in [1.82, 2.24) is 14.9 Å². The Kier molecular flexibility index (Phi) is 5.45. The van der Waals surface area contributed by atoms with Crippen molar-refractivity contribution in [2.45, 2.75) is 6.61 Å². The van der Waals surface area contributed by atoms with E-state index in [1.165, 1.54) is 6.20 Å². The van der Waals surface area contributed by atoms with Gasteiger partial charge in [0.25, 0.3) is 5.95 Å². The largest absolute Gasteiger partial charge is 0.495 e. The van der Waals surface area contributed by atoms with Crippen molar-refractivity contribution in [3.05, 3.63) is 42.1 Å². The van der Waals surface area contributed by atoms with E-state index in [1.807, 2.05) is 44.4 Å². The molecule has 0 bridgehead atoms. The Morgan fingerprint density at radius 3 is 2.64 bits per heavy atom. The summed E-state index contributed by atoms with van der Waals surface area (Å²) in [4.78, 5) is 13.9. The molecule has 114 valence electrons. The Hall–Kier alpha value is -2.45. The van der Waals surface area contributed by atoms with Crippen LogP contribution in [0, 0.1) is 0 Å². The van der Waals surface area contributed by atoms with Crippen LogP contribution in [0.2, 0.25) is 0 Å². The Morgan fingerprint density at radius 2 is 2.00 bits per heavy atom. The van der Waals surface area contributed by atoms with Gasteiger partial charge < -0.3 is 19.7 Å². The molecule has 2 aromatic rings. The summed E-state index contributed by atoms with van der Waals surface area (Å²) < 4.78 is 5.57. The molecule has 0 fully saturated rings. The van der Waals surface area contributed by atoms with Gasteiger partial charge in [0, 0.05) is 20.3 Å². The van der Waals surface area contributed by atoms with Gasteiger partial charge in [0.1, 0.15) is 6.61 Å². The third-order valence-electron chi connectivity index (χ3n) is 2.67. The lowest BCUT2D eigenvalue weighted by atomic mass is 9.82. The number of rotatable bonds is 6. The molecule has 8 heteroatoms. The molecule has 0 unspecified atom stereocenters. The van der Waals surface area contributed by atoms with Crippen molar-refractivity contribution in [2.24, 2.45) is 4.99 Å². The minimum absolute atomic E-state index is 0.0970. The SMILES string of the molecule is CN(C)/C=N/c1ncc(B(O)O)c(OCc2ccccc2)n1.